The highest BCUT2D eigenvalue weighted by molar-refractivity contribution is 5.98. The molecule has 1 aromatic carbocycles. The molecule has 3 nitrogen and oxygen atoms in total. The number of pyridine rings is 1. The van der Waals surface area contributed by atoms with Crippen LogP contribution >= 0.6 is 0 Å². The summed E-state index contributed by atoms with van der Waals surface area (Å²) in [6.07, 6.45) is 3.82. The van der Waals surface area contributed by atoms with Crippen molar-refractivity contribution in [3.05, 3.63) is 58.9 Å². The van der Waals surface area contributed by atoms with Crippen molar-refractivity contribution in [2.45, 2.75) is 33.1 Å². The van der Waals surface area contributed by atoms with Crippen LogP contribution in [0.25, 0.3) is 0 Å². The lowest BCUT2D eigenvalue weighted by Gasteiger charge is -2.29. The van der Waals surface area contributed by atoms with Gasteiger partial charge in [-0.25, -0.2) is 0 Å². The normalized spacial score (nSPS) is 16.6. The molecule has 0 saturated heterocycles. The molecule has 0 amide bonds. The Morgan fingerprint density at radius 1 is 1.24 bits per heavy atom. The van der Waals surface area contributed by atoms with Gasteiger partial charge in [-0.15, -0.1) is 0 Å². The number of phenols is 1. The molecule has 3 rings (SSSR count). The number of nitrogens with zero attached hydrogens (tertiary/aromatic N) is 1. The zero-order valence-corrected chi connectivity index (χ0v) is 12.4. The van der Waals surface area contributed by atoms with Gasteiger partial charge in [-0.05, 0) is 35.1 Å². The lowest BCUT2D eigenvalue weighted by molar-refractivity contribution is 0.0910. The minimum atomic E-state index is -0.00367. The number of aromatic hydroxyl groups is 1. The van der Waals surface area contributed by atoms with Gasteiger partial charge in [0.1, 0.15) is 5.75 Å². The van der Waals surface area contributed by atoms with Crippen LogP contribution in [-0.2, 0) is 12.8 Å². The predicted molar refractivity (Wildman–Crippen MR) is 81.6 cm³/mol. The van der Waals surface area contributed by atoms with Gasteiger partial charge in [-0.3, -0.25) is 9.78 Å². The number of carbonyl (C=O) groups excluding carboxylic acids is 1. The summed E-state index contributed by atoms with van der Waals surface area (Å²) in [5, 5.41) is 9.84. The molecular weight excluding hydrogens is 262 g/mol. The molecule has 0 atom stereocenters. The topological polar surface area (TPSA) is 50.2 Å². The Labute approximate surface area is 124 Å². The van der Waals surface area contributed by atoms with Crippen LogP contribution in [0.3, 0.4) is 0 Å². The van der Waals surface area contributed by atoms with Gasteiger partial charge in [0.15, 0.2) is 5.78 Å². The average Bonchev–Trinajstić information content (AvgIpc) is 2.41. The monoisotopic (exact) mass is 281 g/mol. The maximum absolute atomic E-state index is 12.3. The van der Waals surface area contributed by atoms with Gasteiger partial charge < -0.3 is 5.11 Å². The predicted octanol–water partition coefficient (Wildman–Crippen LogP) is 3.53. The molecule has 1 aliphatic carbocycles. The van der Waals surface area contributed by atoms with Crippen LogP contribution in [0.15, 0.2) is 36.5 Å². The fraction of sp³-hybridized carbons (Fsp3) is 0.333. The van der Waals surface area contributed by atoms with E-state index >= 15 is 0 Å². The number of Topliss-reactive ketones (excluding diaryl/α,β-unsaturated/α-hetero) is 1. The number of hydrogen-bond donors (Lipinski definition) is 1. The third kappa shape index (κ3) is 2.82. The highest BCUT2D eigenvalue weighted by atomic mass is 16.3. The second-order valence-electron chi connectivity index (χ2n) is 6.58. The minimum Gasteiger partial charge on any atom is -0.508 e. The van der Waals surface area contributed by atoms with Gasteiger partial charge in [0.25, 0.3) is 0 Å². The number of rotatable bonds is 2. The zero-order valence-electron chi connectivity index (χ0n) is 12.4. The fourth-order valence-corrected chi connectivity index (χ4v) is 2.94. The average molecular weight is 281 g/mol. The van der Waals surface area contributed by atoms with Crippen LogP contribution in [0.4, 0.5) is 0 Å². The Balaban J connectivity index is 1.92. The third-order valence-corrected chi connectivity index (χ3v) is 4.00. The molecular formula is C18H19NO2. The summed E-state index contributed by atoms with van der Waals surface area (Å²) in [7, 11) is 0. The maximum Gasteiger partial charge on any atom is 0.165 e. The zero-order chi connectivity index (χ0) is 15.0. The number of benzene rings is 1. The molecule has 0 spiro atoms. The highest BCUT2D eigenvalue weighted by Gasteiger charge is 2.31. The van der Waals surface area contributed by atoms with E-state index in [0.717, 1.165) is 28.8 Å². The molecule has 1 N–H and O–H groups in total. The number of ketones is 1. The first-order chi connectivity index (χ1) is 9.94. The Morgan fingerprint density at radius 3 is 2.76 bits per heavy atom. The number of fused-ring (bicyclic) bond motifs is 1. The number of hydrogen-bond acceptors (Lipinski definition) is 3. The van der Waals surface area contributed by atoms with Crippen molar-refractivity contribution in [3.63, 3.8) is 0 Å². The fourth-order valence-electron chi connectivity index (χ4n) is 2.94. The van der Waals surface area contributed by atoms with Gasteiger partial charge in [0.2, 0.25) is 0 Å². The van der Waals surface area contributed by atoms with Crippen LogP contribution in [0.2, 0.25) is 0 Å². The largest absolute Gasteiger partial charge is 0.508 e. The maximum atomic E-state index is 12.3. The first-order valence-corrected chi connectivity index (χ1v) is 7.22. The molecule has 0 fully saturated rings. The lowest BCUT2D eigenvalue weighted by atomic mass is 9.75. The standard InChI is InChI=1S/C18H19NO2/c1-18(2)9-15-14(17(21)10-18)8-12(11-19-15)7-13-5-3-4-6-16(13)20/h3-6,8,11,20H,7,9-10H2,1-2H3. The molecule has 0 bridgehead atoms. The second-order valence-corrected chi connectivity index (χ2v) is 6.58. The summed E-state index contributed by atoms with van der Waals surface area (Å²) in [5.74, 6) is 0.454. The van der Waals surface area contributed by atoms with E-state index in [2.05, 4.69) is 18.8 Å². The first-order valence-electron chi connectivity index (χ1n) is 7.22. The molecule has 2 aromatic rings. The Bertz CT molecular complexity index is 704. The summed E-state index contributed by atoms with van der Waals surface area (Å²) in [6, 6.07) is 9.20. The molecule has 0 unspecified atom stereocenters. The van der Waals surface area contributed by atoms with Crippen LogP contribution in [-0.4, -0.2) is 15.9 Å². The molecule has 1 heterocycles. The van der Waals surface area contributed by atoms with Crippen molar-refractivity contribution in [1.82, 2.24) is 4.98 Å². The summed E-state index contributed by atoms with van der Waals surface area (Å²) >= 11 is 0. The molecule has 108 valence electrons. The highest BCUT2D eigenvalue weighted by Crippen LogP contribution is 2.34. The third-order valence-electron chi connectivity index (χ3n) is 4.00. The van der Waals surface area contributed by atoms with Crippen molar-refractivity contribution in [1.29, 1.82) is 0 Å². The SMILES string of the molecule is CC1(C)CC(=O)c2cc(Cc3ccccc3O)cnc2C1. The van der Waals surface area contributed by atoms with E-state index in [1.54, 1.807) is 12.1 Å². The smallest absolute Gasteiger partial charge is 0.165 e. The first kappa shape index (κ1) is 13.8. The van der Waals surface area contributed by atoms with Gasteiger partial charge >= 0.3 is 0 Å². The van der Waals surface area contributed by atoms with Gasteiger partial charge in [0.05, 0.1) is 5.69 Å². The molecule has 0 radical (unpaired) electrons. The van der Waals surface area contributed by atoms with Crippen molar-refractivity contribution in [2.24, 2.45) is 5.41 Å². The van der Waals surface area contributed by atoms with Gasteiger partial charge in [-0.1, -0.05) is 32.0 Å². The quantitative estimate of drug-likeness (QED) is 0.916. The molecule has 1 aromatic heterocycles. The van der Waals surface area contributed by atoms with E-state index in [0.29, 0.717) is 12.8 Å². The van der Waals surface area contributed by atoms with E-state index < -0.39 is 0 Å². The van der Waals surface area contributed by atoms with Crippen LogP contribution < -0.4 is 0 Å². The van der Waals surface area contributed by atoms with Crippen LogP contribution in [0, 0.1) is 5.41 Å². The van der Waals surface area contributed by atoms with Crippen molar-refractivity contribution in [3.8, 4) is 5.75 Å². The van der Waals surface area contributed by atoms with Crippen molar-refractivity contribution < 1.29 is 9.90 Å². The summed E-state index contributed by atoms with van der Waals surface area (Å²) in [4.78, 5) is 16.8. The Kier molecular flexibility index (Phi) is 3.28. The summed E-state index contributed by atoms with van der Waals surface area (Å²) in [6.45, 7) is 4.21. The minimum absolute atomic E-state index is 0.00367. The number of para-hydroxylation sites is 1. The molecule has 0 aliphatic heterocycles. The molecule has 1 aliphatic rings. The Morgan fingerprint density at radius 2 is 2.00 bits per heavy atom. The van der Waals surface area contributed by atoms with E-state index in [4.69, 9.17) is 0 Å². The second kappa shape index (κ2) is 4.99. The number of aromatic nitrogens is 1. The van der Waals surface area contributed by atoms with Gasteiger partial charge in [-0.2, -0.15) is 0 Å². The van der Waals surface area contributed by atoms with E-state index in [1.165, 1.54) is 0 Å². The summed E-state index contributed by atoms with van der Waals surface area (Å²) in [5.41, 5.74) is 3.46. The van der Waals surface area contributed by atoms with E-state index in [-0.39, 0.29) is 16.9 Å². The van der Waals surface area contributed by atoms with Gasteiger partial charge in [0, 0.05) is 24.6 Å². The van der Waals surface area contributed by atoms with Crippen LogP contribution in [0.5, 0.6) is 5.75 Å². The molecule has 0 saturated carbocycles. The molecule has 3 heteroatoms. The van der Waals surface area contributed by atoms with Crippen molar-refractivity contribution >= 4 is 5.78 Å². The number of carbonyl (C=O) groups is 1. The summed E-state index contributed by atoms with van der Waals surface area (Å²) < 4.78 is 0. The Hall–Kier alpha value is -2.16. The van der Waals surface area contributed by atoms with E-state index in [9.17, 15) is 9.90 Å². The van der Waals surface area contributed by atoms with Crippen molar-refractivity contribution in [2.75, 3.05) is 0 Å². The lowest BCUT2D eigenvalue weighted by Crippen LogP contribution is -2.28. The van der Waals surface area contributed by atoms with E-state index in [1.807, 2.05) is 24.4 Å². The van der Waals surface area contributed by atoms with Crippen LogP contribution in [0.1, 0.15) is 47.4 Å². The number of phenolic OH excluding ortho intramolecular Hbond substituents is 1. The molecule has 21 heavy (non-hydrogen) atoms.